The normalized spacial score (nSPS) is 13.3. The molecule has 0 radical (unpaired) electrons. The Balaban J connectivity index is 2.36. The molecule has 29 heavy (non-hydrogen) atoms. The minimum atomic E-state index is 0.412. The molecule has 1 aromatic heterocycles. The van der Waals surface area contributed by atoms with Crippen LogP contribution >= 0.6 is 11.8 Å². The lowest BCUT2D eigenvalue weighted by molar-refractivity contribution is 0.292. The van der Waals surface area contributed by atoms with Gasteiger partial charge in [-0.2, -0.15) is 0 Å². The molecule has 0 fully saturated rings. The lowest BCUT2D eigenvalue weighted by Crippen LogP contribution is -2.42. The molecule has 1 heterocycles. The first kappa shape index (κ1) is 25.8. The third kappa shape index (κ3) is 9.85. The van der Waals surface area contributed by atoms with Crippen molar-refractivity contribution in [2.45, 2.75) is 78.0 Å². The van der Waals surface area contributed by atoms with E-state index in [1.807, 2.05) is 7.05 Å². The second-order valence-electron chi connectivity index (χ2n) is 7.92. The minimum absolute atomic E-state index is 0.412. The smallest absolute Gasteiger partial charge is 0.191 e. The Hall–Kier alpha value is -1.28. The van der Waals surface area contributed by atoms with E-state index in [2.05, 4.69) is 76.2 Å². The standard InChI is InChI=1S/C21H43N7S/c1-8-27(9-2)15-11-12-18(5)24-20(22-6)23-14-10-13-19-25-26-21(29-7)28(19)16-17(3)4/h17-18H,8-16H2,1-7H3,(H2,22,23,24). The maximum atomic E-state index is 4.40. The third-order valence-electron chi connectivity index (χ3n) is 5.01. The van der Waals surface area contributed by atoms with Gasteiger partial charge in [-0.25, -0.2) is 0 Å². The van der Waals surface area contributed by atoms with Crippen molar-refractivity contribution in [2.75, 3.05) is 39.5 Å². The monoisotopic (exact) mass is 425 g/mol. The predicted molar refractivity (Wildman–Crippen MR) is 126 cm³/mol. The topological polar surface area (TPSA) is 70.4 Å². The number of rotatable bonds is 14. The summed E-state index contributed by atoms with van der Waals surface area (Å²) < 4.78 is 2.26. The van der Waals surface area contributed by atoms with Crippen LogP contribution in [0.2, 0.25) is 0 Å². The molecule has 1 atom stereocenters. The molecule has 1 unspecified atom stereocenters. The zero-order chi connectivity index (χ0) is 21.6. The van der Waals surface area contributed by atoms with Crippen LogP contribution in [-0.2, 0) is 13.0 Å². The van der Waals surface area contributed by atoms with Crippen LogP contribution in [0, 0.1) is 5.92 Å². The number of nitrogens with zero attached hydrogens (tertiary/aromatic N) is 5. The lowest BCUT2D eigenvalue weighted by Gasteiger charge is -2.21. The van der Waals surface area contributed by atoms with E-state index in [0.29, 0.717) is 12.0 Å². The highest BCUT2D eigenvalue weighted by atomic mass is 32.2. The molecule has 0 aliphatic carbocycles. The zero-order valence-corrected chi connectivity index (χ0v) is 20.5. The fourth-order valence-electron chi connectivity index (χ4n) is 3.32. The summed E-state index contributed by atoms with van der Waals surface area (Å²) >= 11 is 1.67. The van der Waals surface area contributed by atoms with Gasteiger partial charge in [-0.05, 0) is 58.0 Å². The summed E-state index contributed by atoms with van der Waals surface area (Å²) in [5.74, 6) is 2.55. The fraction of sp³-hybridized carbons (Fsp3) is 0.857. The van der Waals surface area contributed by atoms with Gasteiger partial charge in [-0.15, -0.1) is 10.2 Å². The van der Waals surface area contributed by atoms with Gasteiger partial charge in [-0.1, -0.05) is 39.5 Å². The summed E-state index contributed by atoms with van der Waals surface area (Å²) in [5.41, 5.74) is 0. The van der Waals surface area contributed by atoms with Gasteiger partial charge in [0.1, 0.15) is 5.82 Å². The Labute approximate surface area is 182 Å². The van der Waals surface area contributed by atoms with Crippen LogP contribution in [0.5, 0.6) is 0 Å². The Morgan fingerprint density at radius 3 is 2.48 bits per heavy atom. The van der Waals surface area contributed by atoms with Gasteiger partial charge < -0.3 is 20.1 Å². The molecule has 1 aromatic rings. The van der Waals surface area contributed by atoms with Gasteiger partial charge in [0.15, 0.2) is 11.1 Å². The molecular weight excluding hydrogens is 382 g/mol. The maximum Gasteiger partial charge on any atom is 0.191 e. The molecule has 168 valence electrons. The van der Waals surface area contributed by atoms with Crippen molar-refractivity contribution in [1.29, 1.82) is 0 Å². The highest BCUT2D eigenvalue weighted by Gasteiger charge is 2.12. The molecule has 8 heteroatoms. The number of aromatic nitrogens is 3. The number of nitrogens with one attached hydrogen (secondary N) is 2. The van der Waals surface area contributed by atoms with Gasteiger partial charge in [-0.3, -0.25) is 4.99 Å². The van der Waals surface area contributed by atoms with Crippen molar-refractivity contribution in [2.24, 2.45) is 10.9 Å². The van der Waals surface area contributed by atoms with Gasteiger partial charge in [0.25, 0.3) is 0 Å². The molecule has 0 spiro atoms. The minimum Gasteiger partial charge on any atom is -0.356 e. The van der Waals surface area contributed by atoms with E-state index in [-0.39, 0.29) is 0 Å². The molecule has 7 nitrogen and oxygen atoms in total. The average Bonchev–Trinajstić information content (AvgIpc) is 3.08. The van der Waals surface area contributed by atoms with Crippen LogP contribution in [-0.4, -0.2) is 71.1 Å². The van der Waals surface area contributed by atoms with Crippen molar-refractivity contribution < 1.29 is 0 Å². The maximum absolute atomic E-state index is 4.40. The highest BCUT2D eigenvalue weighted by molar-refractivity contribution is 7.98. The average molecular weight is 426 g/mol. The van der Waals surface area contributed by atoms with E-state index < -0.39 is 0 Å². The second kappa shape index (κ2) is 14.7. The summed E-state index contributed by atoms with van der Waals surface area (Å²) in [6.07, 6.45) is 6.33. The largest absolute Gasteiger partial charge is 0.356 e. The number of hydrogen-bond donors (Lipinski definition) is 2. The molecule has 0 aromatic carbocycles. The van der Waals surface area contributed by atoms with Crippen molar-refractivity contribution in [1.82, 2.24) is 30.3 Å². The lowest BCUT2D eigenvalue weighted by atomic mass is 10.2. The quantitative estimate of drug-likeness (QED) is 0.206. The Kier molecular flexibility index (Phi) is 13.0. The van der Waals surface area contributed by atoms with Gasteiger partial charge >= 0.3 is 0 Å². The fourth-order valence-corrected chi connectivity index (χ4v) is 3.84. The molecule has 0 bridgehead atoms. The Morgan fingerprint density at radius 2 is 1.90 bits per heavy atom. The predicted octanol–water partition coefficient (Wildman–Crippen LogP) is 3.26. The van der Waals surface area contributed by atoms with Crippen molar-refractivity contribution in [3.05, 3.63) is 5.82 Å². The van der Waals surface area contributed by atoms with Crippen LogP contribution in [0.3, 0.4) is 0 Å². The molecule has 1 rings (SSSR count). The van der Waals surface area contributed by atoms with Crippen LogP contribution < -0.4 is 10.6 Å². The first-order chi connectivity index (χ1) is 13.9. The molecular formula is C21H43N7S. The number of aliphatic imine (C=N–C) groups is 1. The number of guanidine groups is 1. The van der Waals surface area contributed by atoms with Crippen molar-refractivity contribution in [3.63, 3.8) is 0 Å². The second-order valence-corrected chi connectivity index (χ2v) is 8.70. The van der Waals surface area contributed by atoms with E-state index >= 15 is 0 Å². The van der Waals surface area contributed by atoms with E-state index in [9.17, 15) is 0 Å². The third-order valence-corrected chi connectivity index (χ3v) is 5.67. The van der Waals surface area contributed by atoms with E-state index in [4.69, 9.17) is 0 Å². The molecule has 0 saturated heterocycles. The van der Waals surface area contributed by atoms with E-state index in [1.165, 1.54) is 13.0 Å². The first-order valence-electron chi connectivity index (χ1n) is 11.1. The Morgan fingerprint density at radius 1 is 1.17 bits per heavy atom. The van der Waals surface area contributed by atoms with Gasteiger partial charge in [0.2, 0.25) is 0 Å². The summed E-state index contributed by atoms with van der Waals surface area (Å²) in [6, 6.07) is 0.412. The summed E-state index contributed by atoms with van der Waals surface area (Å²) in [5, 5.41) is 16.7. The molecule has 0 saturated carbocycles. The van der Waals surface area contributed by atoms with Crippen molar-refractivity contribution in [3.8, 4) is 0 Å². The van der Waals surface area contributed by atoms with Crippen LogP contribution in [0.4, 0.5) is 0 Å². The summed E-state index contributed by atoms with van der Waals surface area (Å²) in [6.45, 7) is 16.4. The number of aryl methyl sites for hydroxylation is 1. The van der Waals surface area contributed by atoms with E-state index in [0.717, 1.165) is 62.4 Å². The molecule has 2 N–H and O–H groups in total. The first-order valence-corrected chi connectivity index (χ1v) is 12.3. The molecule has 0 aliphatic heterocycles. The van der Waals surface area contributed by atoms with Crippen LogP contribution in [0.15, 0.2) is 10.1 Å². The SMILES string of the molecule is CCN(CC)CCCC(C)NC(=NC)NCCCc1nnc(SC)n1CC(C)C. The molecule has 0 amide bonds. The number of thioether (sulfide) groups is 1. The molecule has 0 aliphatic rings. The summed E-state index contributed by atoms with van der Waals surface area (Å²) in [4.78, 5) is 6.84. The van der Waals surface area contributed by atoms with E-state index in [1.54, 1.807) is 11.8 Å². The van der Waals surface area contributed by atoms with Gasteiger partial charge in [0.05, 0.1) is 0 Å². The highest BCUT2D eigenvalue weighted by Crippen LogP contribution is 2.16. The number of hydrogen-bond acceptors (Lipinski definition) is 5. The van der Waals surface area contributed by atoms with Gasteiger partial charge in [0, 0.05) is 32.6 Å². The van der Waals surface area contributed by atoms with Crippen molar-refractivity contribution >= 4 is 17.7 Å². The Bertz CT molecular complexity index is 582. The zero-order valence-electron chi connectivity index (χ0n) is 19.7. The van der Waals surface area contributed by atoms with Crippen LogP contribution in [0.1, 0.15) is 59.7 Å². The van der Waals surface area contributed by atoms with Crippen LogP contribution in [0.25, 0.3) is 0 Å². The summed E-state index contributed by atoms with van der Waals surface area (Å²) in [7, 11) is 1.84.